The maximum Gasteiger partial charge on any atom is 0.238 e. The summed E-state index contributed by atoms with van der Waals surface area (Å²) in [6.45, 7) is 5.95. The fourth-order valence-electron chi connectivity index (χ4n) is 2.53. The lowest BCUT2D eigenvalue weighted by Gasteiger charge is -2.13. The van der Waals surface area contributed by atoms with Gasteiger partial charge in [0.05, 0.1) is 21.4 Å². The number of nitrogens with zero attached hydrogens (tertiary/aromatic N) is 2. The maximum atomic E-state index is 12.4. The van der Waals surface area contributed by atoms with E-state index < -0.39 is 0 Å². The van der Waals surface area contributed by atoms with Crippen molar-refractivity contribution in [1.82, 2.24) is 4.98 Å². The number of para-hydroxylation sites is 1. The Morgan fingerprint density at radius 1 is 1.32 bits per heavy atom. The number of nitrogens with one attached hydrogen (secondary N) is 1. The van der Waals surface area contributed by atoms with E-state index in [1.165, 1.54) is 23.1 Å². The van der Waals surface area contributed by atoms with E-state index in [2.05, 4.69) is 24.4 Å². The van der Waals surface area contributed by atoms with E-state index in [0.717, 1.165) is 27.1 Å². The number of rotatable bonds is 4. The van der Waals surface area contributed by atoms with Crippen molar-refractivity contribution < 1.29 is 4.79 Å². The van der Waals surface area contributed by atoms with Crippen LogP contribution in [0, 0.1) is 25.2 Å². The number of nitriles is 1. The normalized spacial score (nSPS) is 11.9. The van der Waals surface area contributed by atoms with Gasteiger partial charge in [0, 0.05) is 5.39 Å². The Morgan fingerprint density at radius 3 is 2.88 bits per heavy atom. The molecule has 3 aromatic rings. The van der Waals surface area contributed by atoms with E-state index in [1.54, 1.807) is 11.4 Å². The average molecular weight is 367 g/mol. The van der Waals surface area contributed by atoms with Crippen molar-refractivity contribution in [1.29, 1.82) is 5.26 Å². The van der Waals surface area contributed by atoms with Gasteiger partial charge in [-0.15, -0.1) is 11.3 Å². The van der Waals surface area contributed by atoms with Gasteiger partial charge in [-0.25, -0.2) is 4.98 Å². The number of aromatic nitrogens is 1. The van der Waals surface area contributed by atoms with E-state index in [1.807, 2.05) is 32.0 Å². The molecule has 0 saturated carbocycles. The monoisotopic (exact) mass is 367 g/mol. The smallest absolute Gasteiger partial charge is 0.238 e. The standard InChI is InChI=1S/C19H17N3OS2/c1-11-5-4-6-15-12(2)9-16(21-17(11)15)25-13(3)18(23)22-19-14(10-20)7-8-24-19/h4-9,13H,1-3H3,(H,22,23)/t13-/m1/s1. The molecular formula is C19H17N3OS2. The Kier molecular flexibility index (Phi) is 5.07. The van der Waals surface area contributed by atoms with Crippen molar-refractivity contribution in [3.05, 3.63) is 52.4 Å². The minimum Gasteiger partial charge on any atom is -0.316 e. The summed E-state index contributed by atoms with van der Waals surface area (Å²) in [4.78, 5) is 17.2. The first-order valence-electron chi connectivity index (χ1n) is 7.81. The third kappa shape index (κ3) is 3.68. The number of hydrogen-bond acceptors (Lipinski definition) is 5. The van der Waals surface area contributed by atoms with Crippen LogP contribution in [0.15, 0.2) is 40.7 Å². The van der Waals surface area contributed by atoms with Crippen molar-refractivity contribution >= 4 is 44.9 Å². The number of anilines is 1. The summed E-state index contributed by atoms with van der Waals surface area (Å²) in [6, 6.07) is 11.9. The summed E-state index contributed by atoms with van der Waals surface area (Å²) in [5.74, 6) is -0.131. The molecular weight excluding hydrogens is 350 g/mol. The van der Waals surface area contributed by atoms with Gasteiger partial charge in [0.15, 0.2) is 0 Å². The molecule has 0 radical (unpaired) electrons. The van der Waals surface area contributed by atoms with Crippen molar-refractivity contribution in [2.45, 2.75) is 31.0 Å². The molecule has 0 aliphatic carbocycles. The highest BCUT2D eigenvalue weighted by Crippen LogP contribution is 2.29. The molecule has 25 heavy (non-hydrogen) atoms. The lowest BCUT2D eigenvalue weighted by Crippen LogP contribution is -2.22. The van der Waals surface area contributed by atoms with Gasteiger partial charge in [0.1, 0.15) is 11.1 Å². The van der Waals surface area contributed by atoms with Crippen LogP contribution in [0.5, 0.6) is 0 Å². The van der Waals surface area contributed by atoms with Gasteiger partial charge in [0.25, 0.3) is 0 Å². The molecule has 126 valence electrons. The SMILES string of the molecule is Cc1cc(S[C@H](C)C(=O)Nc2sccc2C#N)nc2c(C)cccc12. The van der Waals surface area contributed by atoms with Gasteiger partial charge >= 0.3 is 0 Å². The van der Waals surface area contributed by atoms with Crippen LogP contribution in [0.4, 0.5) is 5.00 Å². The Balaban J connectivity index is 1.80. The number of hydrogen-bond donors (Lipinski definition) is 1. The topological polar surface area (TPSA) is 65.8 Å². The largest absolute Gasteiger partial charge is 0.316 e. The molecule has 0 saturated heterocycles. The Bertz CT molecular complexity index is 988. The number of thiophene rings is 1. The second-order valence-electron chi connectivity index (χ2n) is 5.77. The number of fused-ring (bicyclic) bond motifs is 1. The van der Waals surface area contributed by atoms with Crippen molar-refractivity contribution in [2.24, 2.45) is 0 Å². The van der Waals surface area contributed by atoms with Crippen molar-refractivity contribution in [2.75, 3.05) is 5.32 Å². The molecule has 2 aromatic heterocycles. The van der Waals surface area contributed by atoms with Crippen LogP contribution >= 0.6 is 23.1 Å². The highest BCUT2D eigenvalue weighted by molar-refractivity contribution is 8.00. The Labute approximate surface area is 154 Å². The fourth-order valence-corrected chi connectivity index (χ4v) is 4.19. The van der Waals surface area contributed by atoms with Crippen LogP contribution in [0.2, 0.25) is 0 Å². The zero-order valence-corrected chi connectivity index (χ0v) is 15.8. The number of thioether (sulfide) groups is 1. The summed E-state index contributed by atoms with van der Waals surface area (Å²) in [6.07, 6.45) is 0. The van der Waals surface area contributed by atoms with E-state index in [0.29, 0.717) is 10.6 Å². The van der Waals surface area contributed by atoms with Crippen LogP contribution in [0.3, 0.4) is 0 Å². The molecule has 4 nitrogen and oxygen atoms in total. The van der Waals surface area contributed by atoms with Gasteiger partial charge in [-0.05, 0) is 49.4 Å². The quantitative estimate of drug-likeness (QED) is 0.666. The van der Waals surface area contributed by atoms with E-state index in [-0.39, 0.29) is 11.2 Å². The summed E-state index contributed by atoms with van der Waals surface area (Å²) in [5, 5.41) is 15.9. The summed E-state index contributed by atoms with van der Waals surface area (Å²) in [5.41, 5.74) is 3.74. The van der Waals surface area contributed by atoms with Gasteiger partial charge in [-0.2, -0.15) is 5.26 Å². The third-order valence-electron chi connectivity index (χ3n) is 3.91. The highest BCUT2D eigenvalue weighted by Gasteiger charge is 2.18. The molecule has 1 amide bonds. The molecule has 0 aliphatic rings. The Morgan fingerprint density at radius 2 is 2.12 bits per heavy atom. The molecule has 1 aromatic carbocycles. The molecule has 0 unspecified atom stereocenters. The average Bonchev–Trinajstić information content (AvgIpc) is 3.03. The molecule has 2 heterocycles. The van der Waals surface area contributed by atoms with Crippen LogP contribution < -0.4 is 5.32 Å². The zero-order valence-electron chi connectivity index (χ0n) is 14.2. The van der Waals surface area contributed by atoms with Crippen molar-refractivity contribution in [3.8, 4) is 6.07 Å². The molecule has 0 aliphatic heterocycles. The van der Waals surface area contributed by atoms with E-state index in [9.17, 15) is 4.79 Å². The fraction of sp³-hybridized carbons (Fsp3) is 0.211. The second-order valence-corrected chi connectivity index (χ2v) is 8.05. The minimum absolute atomic E-state index is 0.131. The highest BCUT2D eigenvalue weighted by atomic mass is 32.2. The second kappa shape index (κ2) is 7.26. The van der Waals surface area contributed by atoms with Gasteiger partial charge in [0.2, 0.25) is 5.91 Å². The predicted molar refractivity (Wildman–Crippen MR) is 104 cm³/mol. The number of pyridine rings is 1. The van der Waals surface area contributed by atoms with Gasteiger partial charge in [-0.1, -0.05) is 30.0 Å². The molecule has 1 N–H and O–H groups in total. The first kappa shape index (κ1) is 17.5. The summed E-state index contributed by atoms with van der Waals surface area (Å²) in [7, 11) is 0. The van der Waals surface area contributed by atoms with Crippen molar-refractivity contribution in [3.63, 3.8) is 0 Å². The van der Waals surface area contributed by atoms with Crippen LogP contribution in [0.1, 0.15) is 23.6 Å². The molecule has 0 spiro atoms. The van der Waals surface area contributed by atoms with E-state index in [4.69, 9.17) is 10.2 Å². The van der Waals surface area contributed by atoms with Gasteiger partial charge < -0.3 is 5.32 Å². The first-order valence-corrected chi connectivity index (χ1v) is 9.57. The molecule has 3 rings (SSSR count). The summed E-state index contributed by atoms with van der Waals surface area (Å²) < 4.78 is 0. The predicted octanol–water partition coefficient (Wildman–Crippen LogP) is 4.90. The third-order valence-corrected chi connectivity index (χ3v) is 5.76. The number of amides is 1. The molecule has 0 bridgehead atoms. The first-order chi connectivity index (χ1) is 12.0. The summed E-state index contributed by atoms with van der Waals surface area (Å²) >= 11 is 2.78. The Hall–Kier alpha value is -2.36. The molecule has 1 atom stereocenters. The zero-order chi connectivity index (χ0) is 18.0. The maximum absolute atomic E-state index is 12.4. The number of carbonyl (C=O) groups excluding carboxylic acids is 1. The molecule has 0 fully saturated rings. The minimum atomic E-state index is -0.318. The van der Waals surface area contributed by atoms with Crippen LogP contribution in [-0.4, -0.2) is 16.1 Å². The van der Waals surface area contributed by atoms with Crippen LogP contribution in [0.25, 0.3) is 10.9 Å². The number of benzene rings is 1. The van der Waals surface area contributed by atoms with Crippen LogP contribution in [-0.2, 0) is 4.79 Å². The lowest BCUT2D eigenvalue weighted by atomic mass is 10.1. The number of carbonyl (C=O) groups is 1. The molecule has 6 heteroatoms. The number of aryl methyl sites for hydroxylation is 2. The lowest BCUT2D eigenvalue weighted by molar-refractivity contribution is -0.115. The van der Waals surface area contributed by atoms with E-state index >= 15 is 0 Å². The van der Waals surface area contributed by atoms with Gasteiger partial charge in [-0.3, -0.25) is 4.79 Å².